The standard InChI is InChI=1S/C27H25F3N4O4/c28-27(29,30)25-32-22(33-38-25)16-10-11-17-13-34(23(35)19(17)12-16)21-9-5-4-8-20(21)31-24(36)26(14-37-15-26)18-6-2-1-3-7-18/h1-3,6-7,10-12,20-21H,4-5,8-9,13-15H2,(H,31,36)/t20-,21-/m1/s1. The summed E-state index contributed by atoms with van der Waals surface area (Å²) in [4.78, 5) is 32.3. The van der Waals surface area contributed by atoms with Gasteiger partial charge in [-0.15, -0.1) is 0 Å². The number of carbonyl (C=O) groups is 2. The van der Waals surface area contributed by atoms with Crippen LogP contribution in [0.25, 0.3) is 11.4 Å². The van der Waals surface area contributed by atoms with Crippen molar-refractivity contribution >= 4 is 11.8 Å². The smallest absolute Gasteiger partial charge is 0.378 e. The molecule has 1 saturated carbocycles. The highest BCUT2D eigenvalue weighted by molar-refractivity contribution is 5.99. The van der Waals surface area contributed by atoms with E-state index >= 15 is 0 Å². The van der Waals surface area contributed by atoms with Crippen molar-refractivity contribution < 1.29 is 32.0 Å². The molecule has 0 unspecified atom stereocenters. The van der Waals surface area contributed by atoms with Crippen molar-refractivity contribution in [1.82, 2.24) is 20.4 Å². The van der Waals surface area contributed by atoms with E-state index in [2.05, 4.69) is 20.0 Å². The van der Waals surface area contributed by atoms with Crippen LogP contribution in [0.2, 0.25) is 0 Å². The zero-order valence-corrected chi connectivity index (χ0v) is 20.3. The Morgan fingerprint density at radius 1 is 1.08 bits per heavy atom. The van der Waals surface area contributed by atoms with Crippen LogP contribution in [0.3, 0.4) is 0 Å². The Bertz CT molecular complexity index is 1370. The van der Waals surface area contributed by atoms with E-state index in [-0.39, 0.29) is 35.3 Å². The number of fused-ring (bicyclic) bond motifs is 1. The Balaban J connectivity index is 1.21. The first-order chi connectivity index (χ1) is 18.3. The SMILES string of the molecule is O=C1c2cc(-c3noc(C(F)(F)F)n3)ccc2CN1[C@@H]1CCCC[C@H]1NC(=O)C1(c2ccccc2)COC1. The number of aromatic nitrogens is 2. The van der Waals surface area contributed by atoms with Gasteiger partial charge in [0.15, 0.2) is 0 Å². The quantitative estimate of drug-likeness (QED) is 0.538. The Hall–Kier alpha value is -3.73. The van der Waals surface area contributed by atoms with E-state index < -0.39 is 17.5 Å². The van der Waals surface area contributed by atoms with Crippen LogP contribution >= 0.6 is 0 Å². The first-order valence-corrected chi connectivity index (χ1v) is 12.6. The van der Waals surface area contributed by atoms with Gasteiger partial charge in [-0.3, -0.25) is 9.59 Å². The Labute approximate surface area is 216 Å². The fraction of sp³-hybridized carbons (Fsp3) is 0.407. The molecule has 3 heterocycles. The average Bonchev–Trinajstić information content (AvgIpc) is 3.50. The molecule has 2 fully saturated rings. The highest BCUT2D eigenvalue weighted by Crippen LogP contribution is 2.36. The van der Waals surface area contributed by atoms with Crippen LogP contribution < -0.4 is 5.32 Å². The first kappa shape index (κ1) is 24.6. The van der Waals surface area contributed by atoms with Crippen molar-refractivity contribution in [2.75, 3.05) is 13.2 Å². The number of benzene rings is 2. The molecule has 2 atom stereocenters. The van der Waals surface area contributed by atoms with E-state index in [0.717, 1.165) is 36.8 Å². The molecular weight excluding hydrogens is 501 g/mol. The summed E-state index contributed by atoms with van der Waals surface area (Å²) in [7, 11) is 0. The van der Waals surface area contributed by atoms with Crippen LogP contribution in [0.1, 0.15) is 53.1 Å². The van der Waals surface area contributed by atoms with Gasteiger partial charge in [-0.2, -0.15) is 18.2 Å². The van der Waals surface area contributed by atoms with Gasteiger partial charge < -0.3 is 19.5 Å². The van der Waals surface area contributed by atoms with Gasteiger partial charge in [-0.1, -0.05) is 60.5 Å². The number of hydrogen-bond acceptors (Lipinski definition) is 6. The van der Waals surface area contributed by atoms with E-state index in [1.807, 2.05) is 30.3 Å². The van der Waals surface area contributed by atoms with Crippen LogP contribution in [0.15, 0.2) is 53.1 Å². The molecule has 2 amide bonds. The molecule has 1 aliphatic carbocycles. The molecule has 1 aromatic heterocycles. The minimum Gasteiger partial charge on any atom is -0.378 e. The molecule has 11 heteroatoms. The largest absolute Gasteiger partial charge is 0.471 e. The summed E-state index contributed by atoms with van der Waals surface area (Å²) in [5, 5.41) is 6.67. The van der Waals surface area contributed by atoms with Crippen LogP contribution in [-0.4, -0.2) is 52.2 Å². The zero-order valence-electron chi connectivity index (χ0n) is 20.3. The number of ether oxygens (including phenoxy) is 1. The fourth-order valence-electron chi connectivity index (χ4n) is 5.64. The van der Waals surface area contributed by atoms with Gasteiger partial charge in [0.2, 0.25) is 11.7 Å². The second-order valence-electron chi connectivity index (χ2n) is 10.1. The second kappa shape index (κ2) is 9.23. The number of nitrogens with zero attached hydrogens (tertiary/aromatic N) is 3. The molecular formula is C27H25F3N4O4. The summed E-state index contributed by atoms with van der Waals surface area (Å²) in [6, 6.07) is 13.9. The monoisotopic (exact) mass is 526 g/mol. The predicted molar refractivity (Wildman–Crippen MR) is 128 cm³/mol. The van der Waals surface area contributed by atoms with Crippen molar-refractivity contribution in [3.8, 4) is 11.4 Å². The molecule has 0 spiro atoms. The van der Waals surface area contributed by atoms with E-state index in [9.17, 15) is 22.8 Å². The molecule has 198 valence electrons. The normalized spacial score (nSPS) is 22.6. The molecule has 2 aromatic carbocycles. The molecule has 38 heavy (non-hydrogen) atoms. The molecule has 1 N–H and O–H groups in total. The van der Waals surface area contributed by atoms with Crippen molar-refractivity contribution in [2.24, 2.45) is 0 Å². The van der Waals surface area contributed by atoms with Crippen LogP contribution in [0.4, 0.5) is 13.2 Å². The van der Waals surface area contributed by atoms with Crippen molar-refractivity contribution in [3.05, 3.63) is 71.1 Å². The highest BCUT2D eigenvalue weighted by Gasteiger charge is 2.49. The number of rotatable bonds is 5. The maximum absolute atomic E-state index is 13.6. The molecule has 8 nitrogen and oxygen atoms in total. The van der Waals surface area contributed by atoms with Gasteiger partial charge in [0, 0.05) is 23.7 Å². The van der Waals surface area contributed by atoms with E-state index in [4.69, 9.17) is 4.74 Å². The van der Waals surface area contributed by atoms with Crippen LogP contribution in [0, 0.1) is 0 Å². The van der Waals surface area contributed by atoms with E-state index in [1.54, 1.807) is 17.0 Å². The maximum atomic E-state index is 13.6. The topological polar surface area (TPSA) is 97.6 Å². The lowest BCUT2D eigenvalue weighted by Crippen LogP contribution is -2.62. The Morgan fingerprint density at radius 2 is 1.84 bits per heavy atom. The summed E-state index contributed by atoms with van der Waals surface area (Å²) < 4.78 is 48.4. The molecule has 1 saturated heterocycles. The lowest BCUT2D eigenvalue weighted by molar-refractivity contribution is -0.159. The number of hydrogen-bond donors (Lipinski definition) is 1. The fourth-order valence-corrected chi connectivity index (χ4v) is 5.64. The second-order valence-corrected chi connectivity index (χ2v) is 10.1. The molecule has 3 aliphatic rings. The van der Waals surface area contributed by atoms with Gasteiger partial charge in [0.1, 0.15) is 5.41 Å². The number of amides is 2. The van der Waals surface area contributed by atoms with Crippen molar-refractivity contribution in [2.45, 2.75) is 55.9 Å². The highest BCUT2D eigenvalue weighted by atomic mass is 19.4. The number of alkyl halides is 3. The van der Waals surface area contributed by atoms with Gasteiger partial charge in [0.25, 0.3) is 5.91 Å². The third kappa shape index (κ3) is 4.14. The summed E-state index contributed by atoms with van der Waals surface area (Å²) in [6.07, 6.45) is -1.39. The third-order valence-corrected chi connectivity index (χ3v) is 7.77. The van der Waals surface area contributed by atoms with Crippen LogP contribution in [0.5, 0.6) is 0 Å². The molecule has 0 radical (unpaired) electrons. The maximum Gasteiger partial charge on any atom is 0.471 e. The van der Waals surface area contributed by atoms with Gasteiger partial charge in [-0.25, -0.2) is 0 Å². The average molecular weight is 527 g/mol. The number of nitrogens with one attached hydrogen (secondary N) is 1. The van der Waals surface area contributed by atoms with Crippen LogP contribution in [-0.2, 0) is 27.7 Å². The third-order valence-electron chi connectivity index (χ3n) is 7.77. The Morgan fingerprint density at radius 3 is 2.53 bits per heavy atom. The summed E-state index contributed by atoms with van der Waals surface area (Å²) in [6.45, 7) is 0.977. The van der Waals surface area contributed by atoms with E-state index in [1.165, 1.54) is 6.07 Å². The minimum absolute atomic E-state index is 0.101. The number of halogens is 3. The predicted octanol–water partition coefficient (Wildman–Crippen LogP) is 4.11. The number of carbonyl (C=O) groups excluding carboxylic acids is 2. The molecule has 0 bridgehead atoms. The lowest BCUT2D eigenvalue weighted by atomic mass is 9.77. The molecule has 3 aromatic rings. The van der Waals surface area contributed by atoms with Gasteiger partial charge >= 0.3 is 12.1 Å². The van der Waals surface area contributed by atoms with Gasteiger partial charge in [-0.05, 0) is 30.0 Å². The van der Waals surface area contributed by atoms with Crippen molar-refractivity contribution in [3.63, 3.8) is 0 Å². The first-order valence-electron chi connectivity index (χ1n) is 12.6. The summed E-state index contributed by atoms with van der Waals surface area (Å²) in [5.74, 6) is -2.00. The Kier molecular flexibility index (Phi) is 5.97. The molecule has 6 rings (SSSR count). The molecule has 2 aliphatic heterocycles. The summed E-state index contributed by atoms with van der Waals surface area (Å²) >= 11 is 0. The zero-order chi connectivity index (χ0) is 26.5. The summed E-state index contributed by atoms with van der Waals surface area (Å²) in [5.41, 5.74) is 1.59. The minimum atomic E-state index is -4.75. The van der Waals surface area contributed by atoms with Gasteiger partial charge in [0.05, 0.1) is 19.3 Å². The van der Waals surface area contributed by atoms with E-state index in [0.29, 0.717) is 25.3 Å². The lowest BCUT2D eigenvalue weighted by Gasteiger charge is -2.44. The van der Waals surface area contributed by atoms with Crippen molar-refractivity contribution in [1.29, 1.82) is 0 Å².